The van der Waals surface area contributed by atoms with Crippen molar-refractivity contribution in [1.82, 2.24) is 14.9 Å². The quantitative estimate of drug-likeness (QED) is 0.884. The molecule has 2 rings (SSSR count). The Morgan fingerprint density at radius 2 is 2.00 bits per heavy atom. The van der Waals surface area contributed by atoms with Gasteiger partial charge in [-0.25, -0.2) is 9.97 Å². The number of likely N-dealkylation sites (N-methyl/N-ethyl adjacent to an activating group) is 1. The second-order valence-electron chi connectivity index (χ2n) is 5.19. The Morgan fingerprint density at radius 1 is 1.24 bits per heavy atom. The predicted molar refractivity (Wildman–Crippen MR) is 84.7 cm³/mol. The first kappa shape index (κ1) is 15.3. The SMILES string of the molecule is COc1nccnc1NC[C@@H](c1cccc(C)c1)N(C)C. The molecule has 0 bridgehead atoms. The molecule has 0 amide bonds. The largest absolute Gasteiger partial charge is 0.478 e. The van der Waals surface area contributed by atoms with Crippen LogP contribution in [0, 0.1) is 6.92 Å². The minimum Gasteiger partial charge on any atom is -0.478 e. The number of nitrogens with one attached hydrogen (secondary N) is 1. The Balaban J connectivity index is 2.14. The van der Waals surface area contributed by atoms with Crippen LogP contribution in [0.5, 0.6) is 5.88 Å². The number of rotatable bonds is 6. The lowest BCUT2D eigenvalue weighted by molar-refractivity contribution is 0.311. The zero-order valence-corrected chi connectivity index (χ0v) is 13.0. The molecule has 1 aromatic carbocycles. The van der Waals surface area contributed by atoms with E-state index < -0.39 is 0 Å². The molecule has 21 heavy (non-hydrogen) atoms. The van der Waals surface area contributed by atoms with Crippen LogP contribution < -0.4 is 10.1 Å². The molecule has 0 aliphatic rings. The van der Waals surface area contributed by atoms with Crippen LogP contribution in [0.15, 0.2) is 36.7 Å². The van der Waals surface area contributed by atoms with Gasteiger partial charge in [0.15, 0.2) is 5.82 Å². The van der Waals surface area contributed by atoms with Crippen molar-refractivity contribution in [2.45, 2.75) is 13.0 Å². The molecule has 5 nitrogen and oxygen atoms in total. The number of nitrogens with zero attached hydrogens (tertiary/aromatic N) is 3. The summed E-state index contributed by atoms with van der Waals surface area (Å²) in [6, 6.07) is 8.80. The summed E-state index contributed by atoms with van der Waals surface area (Å²) in [6.07, 6.45) is 3.27. The molecule has 0 spiro atoms. The predicted octanol–water partition coefficient (Wildman–Crippen LogP) is 2.51. The monoisotopic (exact) mass is 286 g/mol. The average molecular weight is 286 g/mol. The van der Waals surface area contributed by atoms with Crippen molar-refractivity contribution in [1.29, 1.82) is 0 Å². The second kappa shape index (κ2) is 7.04. The molecule has 1 aromatic heterocycles. The zero-order valence-electron chi connectivity index (χ0n) is 13.0. The summed E-state index contributed by atoms with van der Waals surface area (Å²) < 4.78 is 5.21. The molecule has 0 radical (unpaired) electrons. The van der Waals surface area contributed by atoms with E-state index in [4.69, 9.17) is 4.74 Å². The third-order valence-corrected chi connectivity index (χ3v) is 3.37. The minimum atomic E-state index is 0.247. The fourth-order valence-electron chi connectivity index (χ4n) is 2.27. The van der Waals surface area contributed by atoms with Crippen LogP contribution in [0.4, 0.5) is 5.82 Å². The molecule has 0 saturated heterocycles. The summed E-state index contributed by atoms with van der Waals surface area (Å²) in [6.45, 7) is 2.83. The molecule has 2 aromatic rings. The van der Waals surface area contributed by atoms with Crippen LogP contribution in [0.3, 0.4) is 0 Å². The summed E-state index contributed by atoms with van der Waals surface area (Å²) in [5, 5.41) is 3.32. The minimum absolute atomic E-state index is 0.247. The standard InChI is InChI=1S/C16H22N4O/c1-12-6-5-7-13(10-12)14(20(2)3)11-19-15-16(21-4)18-9-8-17-15/h5-10,14H,11H2,1-4H3,(H,17,19)/t14-/m0/s1. The second-order valence-corrected chi connectivity index (χ2v) is 5.19. The van der Waals surface area contributed by atoms with Crippen LogP contribution in [0.2, 0.25) is 0 Å². The normalized spacial score (nSPS) is 12.2. The lowest BCUT2D eigenvalue weighted by Crippen LogP contribution is -2.27. The smallest absolute Gasteiger partial charge is 0.257 e. The Labute approximate surface area is 126 Å². The summed E-state index contributed by atoms with van der Waals surface area (Å²) in [7, 11) is 5.74. The Morgan fingerprint density at radius 3 is 2.67 bits per heavy atom. The highest BCUT2D eigenvalue weighted by Gasteiger charge is 2.15. The zero-order chi connectivity index (χ0) is 15.2. The van der Waals surface area contributed by atoms with Crippen LogP contribution >= 0.6 is 0 Å². The summed E-state index contributed by atoms with van der Waals surface area (Å²) in [4.78, 5) is 10.6. The van der Waals surface area contributed by atoms with Crippen molar-refractivity contribution in [2.75, 3.05) is 33.1 Å². The number of benzene rings is 1. The number of aromatic nitrogens is 2. The van der Waals surface area contributed by atoms with Crippen LogP contribution in [-0.4, -0.2) is 42.6 Å². The Bertz CT molecular complexity index is 586. The number of ether oxygens (including phenoxy) is 1. The van der Waals surface area contributed by atoms with E-state index in [9.17, 15) is 0 Å². The van der Waals surface area contributed by atoms with Crippen LogP contribution in [0.25, 0.3) is 0 Å². The number of anilines is 1. The van der Waals surface area contributed by atoms with Gasteiger partial charge in [0.1, 0.15) is 0 Å². The van der Waals surface area contributed by atoms with Gasteiger partial charge in [0.25, 0.3) is 5.88 Å². The van der Waals surface area contributed by atoms with Crippen molar-refractivity contribution in [2.24, 2.45) is 0 Å². The molecule has 1 atom stereocenters. The summed E-state index contributed by atoms with van der Waals surface area (Å²) in [5.41, 5.74) is 2.53. The molecule has 5 heteroatoms. The first-order chi connectivity index (χ1) is 10.1. The molecule has 1 heterocycles. The van der Waals surface area contributed by atoms with Gasteiger partial charge in [-0.1, -0.05) is 29.8 Å². The maximum Gasteiger partial charge on any atom is 0.257 e. The molecule has 0 saturated carbocycles. The van der Waals surface area contributed by atoms with E-state index in [1.54, 1.807) is 19.5 Å². The van der Waals surface area contributed by atoms with E-state index in [1.165, 1.54) is 11.1 Å². The van der Waals surface area contributed by atoms with Gasteiger partial charge in [0, 0.05) is 18.9 Å². The number of hydrogen-bond donors (Lipinski definition) is 1. The van der Waals surface area contributed by atoms with Gasteiger partial charge < -0.3 is 15.0 Å². The first-order valence-corrected chi connectivity index (χ1v) is 6.93. The molecular weight excluding hydrogens is 264 g/mol. The highest BCUT2D eigenvalue weighted by atomic mass is 16.5. The van der Waals surface area contributed by atoms with Crippen molar-refractivity contribution in [3.05, 3.63) is 47.8 Å². The molecule has 0 aliphatic carbocycles. The van der Waals surface area contributed by atoms with Gasteiger partial charge >= 0.3 is 0 Å². The molecule has 112 valence electrons. The van der Waals surface area contributed by atoms with E-state index in [0.717, 1.165) is 6.54 Å². The molecular formula is C16H22N4O. The lowest BCUT2D eigenvalue weighted by Gasteiger charge is -2.25. The van der Waals surface area contributed by atoms with Crippen molar-refractivity contribution in [3.63, 3.8) is 0 Å². The van der Waals surface area contributed by atoms with E-state index in [-0.39, 0.29) is 6.04 Å². The maximum absolute atomic E-state index is 5.21. The van der Waals surface area contributed by atoms with Crippen molar-refractivity contribution in [3.8, 4) is 5.88 Å². The molecule has 0 aliphatic heterocycles. The molecule has 0 fully saturated rings. The Hall–Kier alpha value is -2.14. The van der Waals surface area contributed by atoms with E-state index in [0.29, 0.717) is 11.7 Å². The van der Waals surface area contributed by atoms with E-state index in [2.05, 4.69) is 65.5 Å². The topological polar surface area (TPSA) is 50.3 Å². The van der Waals surface area contributed by atoms with Gasteiger partial charge in [-0.3, -0.25) is 0 Å². The van der Waals surface area contributed by atoms with Crippen LogP contribution in [-0.2, 0) is 0 Å². The first-order valence-electron chi connectivity index (χ1n) is 6.93. The molecule has 0 unspecified atom stereocenters. The van der Waals surface area contributed by atoms with Gasteiger partial charge in [-0.15, -0.1) is 0 Å². The van der Waals surface area contributed by atoms with Gasteiger partial charge in [-0.05, 0) is 26.6 Å². The van der Waals surface area contributed by atoms with Gasteiger partial charge in [0.2, 0.25) is 0 Å². The van der Waals surface area contributed by atoms with Crippen molar-refractivity contribution < 1.29 is 4.74 Å². The fourth-order valence-corrected chi connectivity index (χ4v) is 2.27. The van der Waals surface area contributed by atoms with E-state index in [1.807, 2.05) is 0 Å². The highest BCUT2D eigenvalue weighted by molar-refractivity contribution is 5.45. The Kier molecular flexibility index (Phi) is 5.11. The third-order valence-electron chi connectivity index (χ3n) is 3.37. The molecule has 1 N–H and O–H groups in total. The third kappa shape index (κ3) is 3.92. The lowest BCUT2D eigenvalue weighted by atomic mass is 10.0. The number of aryl methyl sites for hydroxylation is 1. The van der Waals surface area contributed by atoms with Gasteiger partial charge in [-0.2, -0.15) is 0 Å². The summed E-state index contributed by atoms with van der Waals surface area (Å²) in [5.74, 6) is 1.18. The fraction of sp³-hybridized carbons (Fsp3) is 0.375. The van der Waals surface area contributed by atoms with Crippen molar-refractivity contribution >= 4 is 5.82 Å². The maximum atomic E-state index is 5.21. The van der Waals surface area contributed by atoms with Crippen LogP contribution in [0.1, 0.15) is 17.2 Å². The highest BCUT2D eigenvalue weighted by Crippen LogP contribution is 2.22. The van der Waals surface area contributed by atoms with Gasteiger partial charge in [0.05, 0.1) is 13.2 Å². The number of methoxy groups -OCH3 is 1. The van der Waals surface area contributed by atoms with E-state index >= 15 is 0 Å². The average Bonchev–Trinajstić information content (AvgIpc) is 2.47. The number of hydrogen-bond acceptors (Lipinski definition) is 5. The summed E-state index contributed by atoms with van der Waals surface area (Å²) >= 11 is 0.